The fourth-order valence-corrected chi connectivity index (χ4v) is 2.48. The van der Waals surface area contributed by atoms with E-state index in [4.69, 9.17) is 0 Å². The number of carbonyl (C=O) groups excluding carboxylic acids is 1. The number of pyridine rings is 2. The third-order valence-electron chi connectivity index (χ3n) is 3.52. The molecule has 5 nitrogen and oxygen atoms in total. The average Bonchev–Trinajstić information content (AvgIpc) is 2.54. The third kappa shape index (κ3) is 1.99. The maximum atomic E-state index is 12.3. The molecule has 0 saturated heterocycles. The second-order valence-corrected chi connectivity index (χ2v) is 4.90. The van der Waals surface area contributed by atoms with Crippen LogP contribution in [0.15, 0.2) is 54.7 Å². The van der Waals surface area contributed by atoms with Crippen LogP contribution in [0.25, 0.3) is 11.0 Å². The van der Waals surface area contributed by atoms with E-state index in [1.807, 2.05) is 48.5 Å². The van der Waals surface area contributed by atoms with Crippen molar-refractivity contribution < 1.29 is 4.79 Å². The van der Waals surface area contributed by atoms with E-state index in [9.17, 15) is 4.79 Å². The summed E-state index contributed by atoms with van der Waals surface area (Å²) in [6, 6.07) is 15.3. The first kappa shape index (κ1) is 11.8. The molecule has 4 rings (SSSR count). The second-order valence-electron chi connectivity index (χ2n) is 4.90. The molecular formula is C16H12N4O. The number of hydrogen-bond donors (Lipinski definition) is 2. The summed E-state index contributed by atoms with van der Waals surface area (Å²) in [5.74, 6) is 0.439. The Kier molecular flexibility index (Phi) is 2.57. The number of carbonyl (C=O) groups is 1. The van der Waals surface area contributed by atoms with Crippen LogP contribution >= 0.6 is 0 Å². The predicted octanol–water partition coefficient (Wildman–Crippen LogP) is 2.48. The quantitative estimate of drug-likeness (QED) is 0.716. The van der Waals surface area contributed by atoms with E-state index >= 15 is 0 Å². The summed E-state index contributed by atoms with van der Waals surface area (Å²) in [4.78, 5) is 21.0. The third-order valence-corrected chi connectivity index (χ3v) is 3.52. The molecule has 0 radical (unpaired) electrons. The van der Waals surface area contributed by atoms with Gasteiger partial charge in [-0.2, -0.15) is 0 Å². The number of rotatable bonds is 1. The van der Waals surface area contributed by atoms with Gasteiger partial charge < -0.3 is 10.6 Å². The molecule has 3 heterocycles. The Morgan fingerprint density at radius 2 is 1.86 bits per heavy atom. The normalized spacial score (nSPS) is 17.0. The van der Waals surface area contributed by atoms with E-state index < -0.39 is 0 Å². The van der Waals surface area contributed by atoms with Crippen LogP contribution in [0.1, 0.15) is 22.1 Å². The Morgan fingerprint density at radius 3 is 2.71 bits per heavy atom. The molecule has 1 atom stereocenters. The molecule has 1 aromatic carbocycles. The minimum Gasteiger partial charge on any atom is -0.346 e. The van der Waals surface area contributed by atoms with Gasteiger partial charge >= 0.3 is 0 Å². The lowest BCUT2D eigenvalue weighted by Crippen LogP contribution is -2.38. The van der Waals surface area contributed by atoms with Crippen LogP contribution in [0.5, 0.6) is 0 Å². The van der Waals surface area contributed by atoms with Gasteiger partial charge in [0.15, 0.2) is 5.65 Å². The molecular weight excluding hydrogens is 264 g/mol. The minimum atomic E-state index is -0.278. The molecule has 0 aliphatic carbocycles. The summed E-state index contributed by atoms with van der Waals surface area (Å²) >= 11 is 0. The van der Waals surface area contributed by atoms with Gasteiger partial charge in [-0.15, -0.1) is 0 Å². The Balaban J connectivity index is 1.80. The zero-order chi connectivity index (χ0) is 14.2. The molecule has 3 aromatic rings. The molecule has 21 heavy (non-hydrogen) atoms. The maximum Gasteiger partial charge on any atom is 0.256 e. The van der Waals surface area contributed by atoms with E-state index in [-0.39, 0.29) is 12.1 Å². The summed E-state index contributed by atoms with van der Waals surface area (Å²) in [6.45, 7) is 0. The zero-order valence-electron chi connectivity index (χ0n) is 11.1. The minimum absolute atomic E-state index is 0.129. The van der Waals surface area contributed by atoms with Gasteiger partial charge in [0.2, 0.25) is 0 Å². The fraction of sp³-hybridized carbons (Fsp3) is 0.0625. The van der Waals surface area contributed by atoms with Gasteiger partial charge in [-0.1, -0.05) is 30.3 Å². The first-order valence-corrected chi connectivity index (χ1v) is 6.69. The standard InChI is InChI=1S/C16H12N4O/c21-16-12-9-11-7-4-8-17-13(11)18-15(12)19-14(20-16)10-5-2-1-3-6-10/h1-9,14H,(H,20,21)(H,17,18,19). The van der Waals surface area contributed by atoms with Crippen molar-refractivity contribution in [3.63, 3.8) is 0 Å². The number of anilines is 1. The highest BCUT2D eigenvalue weighted by Gasteiger charge is 2.26. The summed E-state index contributed by atoms with van der Waals surface area (Å²) in [5.41, 5.74) is 2.16. The summed E-state index contributed by atoms with van der Waals surface area (Å²) in [7, 11) is 0. The molecule has 1 aliphatic rings. The van der Waals surface area contributed by atoms with Crippen LogP contribution < -0.4 is 10.6 Å². The van der Waals surface area contributed by atoms with Crippen LogP contribution in [0.4, 0.5) is 5.82 Å². The Labute approximate surface area is 121 Å². The number of aromatic nitrogens is 2. The van der Waals surface area contributed by atoms with Crippen molar-refractivity contribution in [1.29, 1.82) is 0 Å². The molecule has 1 amide bonds. The lowest BCUT2D eigenvalue weighted by molar-refractivity contribution is 0.0935. The molecule has 1 aliphatic heterocycles. The van der Waals surface area contributed by atoms with Crippen molar-refractivity contribution in [2.45, 2.75) is 6.17 Å². The van der Waals surface area contributed by atoms with Crippen molar-refractivity contribution in [2.24, 2.45) is 0 Å². The zero-order valence-corrected chi connectivity index (χ0v) is 11.1. The van der Waals surface area contributed by atoms with E-state index in [1.165, 1.54) is 0 Å². The van der Waals surface area contributed by atoms with E-state index in [0.29, 0.717) is 17.0 Å². The average molecular weight is 276 g/mol. The summed E-state index contributed by atoms with van der Waals surface area (Å²) in [6.07, 6.45) is 1.42. The van der Waals surface area contributed by atoms with E-state index in [2.05, 4.69) is 20.6 Å². The molecule has 1 unspecified atom stereocenters. The number of hydrogen-bond acceptors (Lipinski definition) is 4. The molecule has 0 bridgehead atoms. The van der Waals surface area contributed by atoms with Crippen molar-refractivity contribution >= 4 is 22.8 Å². The van der Waals surface area contributed by atoms with E-state index in [1.54, 1.807) is 6.20 Å². The van der Waals surface area contributed by atoms with Crippen LogP contribution in [0.2, 0.25) is 0 Å². The summed E-state index contributed by atoms with van der Waals surface area (Å²) in [5, 5.41) is 7.05. The number of nitrogens with zero attached hydrogens (tertiary/aromatic N) is 2. The first-order chi connectivity index (χ1) is 10.3. The van der Waals surface area contributed by atoms with Gasteiger partial charge in [0, 0.05) is 11.6 Å². The molecule has 102 valence electrons. The van der Waals surface area contributed by atoms with Crippen molar-refractivity contribution in [3.8, 4) is 0 Å². The first-order valence-electron chi connectivity index (χ1n) is 6.69. The molecule has 0 fully saturated rings. The van der Waals surface area contributed by atoms with Gasteiger partial charge in [-0.3, -0.25) is 4.79 Å². The fourth-order valence-electron chi connectivity index (χ4n) is 2.48. The van der Waals surface area contributed by atoms with Gasteiger partial charge in [-0.05, 0) is 23.8 Å². The Bertz CT molecular complexity index is 832. The summed E-state index contributed by atoms with van der Waals surface area (Å²) < 4.78 is 0. The molecule has 0 saturated carbocycles. The Hall–Kier alpha value is -2.95. The maximum absolute atomic E-state index is 12.3. The van der Waals surface area contributed by atoms with Gasteiger partial charge in [-0.25, -0.2) is 9.97 Å². The topological polar surface area (TPSA) is 66.9 Å². The molecule has 2 N–H and O–H groups in total. The number of fused-ring (bicyclic) bond motifs is 2. The SMILES string of the molecule is O=C1NC(c2ccccc2)Nc2nc3ncccc3cc21. The lowest BCUT2D eigenvalue weighted by Gasteiger charge is -2.27. The van der Waals surface area contributed by atoms with Crippen LogP contribution in [-0.4, -0.2) is 15.9 Å². The van der Waals surface area contributed by atoms with Crippen molar-refractivity contribution in [3.05, 3.63) is 65.9 Å². The van der Waals surface area contributed by atoms with Gasteiger partial charge in [0.05, 0.1) is 5.56 Å². The molecule has 5 heteroatoms. The molecule has 2 aromatic heterocycles. The highest BCUT2D eigenvalue weighted by molar-refractivity contribution is 6.03. The lowest BCUT2D eigenvalue weighted by atomic mass is 10.1. The van der Waals surface area contributed by atoms with Gasteiger partial charge in [0.1, 0.15) is 12.0 Å². The predicted molar refractivity (Wildman–Crippen MR) is 79.8 cm³/mol. The monoisotopic (exact) mass is 276 g/mol. The Morgan fingerprint density at radius 1 is 1.00 bits per heavy atom. The van der Waals surface area contributed by atoms with Crippen LogP contribution in [0.3, 0.4) is 0 Å². The van der Waals surface area contributed by atoms with Crippen LogP contribution in [-0.2, 0) is 0 Å². The van der Waals surface area contributed by atoms with Crippen molar-refractivity contribution in [2.75, 3.05) is 5.32 Å². The highest BCUT2D eigenvalue weighted by atomic mass is 16.2. The number of nitrogens with one attached hydrogen (secondary N) is 2. The second kappa shape index (κ2) is 4.56. The largest absolute Gasteiger partial charge is 0.346 e. The molecule has 0 spiro atoms. The van der Waals surface area contributed by atoms with Crippen LogP contribution in [0, 0.1) is 0 Å². The number of benzene rings is 1. The number of amides is 1. The smallest absolute Gasteiger partial charge is 0.256 e. The van der Waals surface area contributed by atoms with Crippen molar-refractivity contribution in [1.82, 2.24) is 15.3 Å². The van der Waals surface area contributed by atoms with E-state index in [0.717, 1.165) is 10.9 Å². The highest BCUT2D eigenvalue weighted by Crippen LogP contribution is 2.27. The van der Waals surface area contributed by atoms with Gasteiger partial charge in [0.25, 0.3) is 5.91 Å².